The molecule has 2 fully saturated rings. The molecule has 2 atom stereocenters. The summed E-state index contributed by atoms with van der Waals surface area (Å²) in [7, 11) is -0.682. The summed E-state index contributed by atoms with van der Waals surface area (Å²) in [5.74, 6) is 0.816. The van der Waals surface area contributed by atoms with Crippen molar-refractivity contribution >= 4 is 10.8 Å². The average Bonchev–Trinajstić information content (AvgIpc) is 2.52. The maximum absolute atomic E-state index is 11.4. The fourth-order valence-electron chi connectivity index (χ4n) is 3.54. The zero-order valence-electron chi connectivity index (χ0n) is 11.9. The lowest BCUT2D eigenvalue weighted by Crippen LogP contribution is -2.54. The summed E-state index contributed by atoms with van der Waals surface area (Å²) < 4.78 is 11.4. The first-order chi connectivity index (χ1) is 8.61. The number of nitrogens with one attached hydrogen (secondary N) is 1. The molecule has 1 N–H and O–H groups in total. The lowest BCUT2D eigenvalue weighted by atomic mass is 9.81. The first-order valence-electron chi connectivity index (χ1n) is 7.40. The van der Waals surface area contributed by atoms with Crippen molar-refractivity contribution in [3.05, 3.63) is 0 Å². The molecule has 2 unspecified atom stereocenters. The molecule has 4 heteroatoms. The lowest BCUT2D eigenvalue weighted by Gasteiger charge is -2.41. The Kier molecular flexibility index (Phi) is 5.22. The number of hydrogen-bond donors (Lipinski definition) is 1. The molecule has 3 nitrogen and oxygen atoms in total. The average molecular weight is 272 g/mol. The molecule has 1 aliphatic carbocycles. The summed E-state index contributed by atoms with van der Waals surface area (Å²) in [5, 5.41) is 3.82. The van der Waals surface area contributed by atoms with E-state index < -0.39 is 10.8 Å². The monoisotopic (exact) mass is 272 g/mol. The first-order valence-corrected chi connectivity index (χ1v) is 9.13. The van der Waals surface area contributed by atoms with Crippen molar-refractivity contribution in [1.82, 2.24) is 10.2 Å². The molecule has 0 aromatic heterocycles. The van der Waals surface area contributed by atoms with Gasteiger partial charge in [0.25, 0.3) is 0 Å². The Hall–Kier alpha value is 0.0700. The normalized spacial score (nSPS) is 28.8. The van der Waals surface area contributed by atoms with Crippen LogP contribution in [0.5, 0.6) is 0 Å². The standard InChI is InChI=1S/C14H28N2OS/c1-13(11-18(2)17)16-10-6-9-15-14(12-16)7-4-3-5-8-14/h13,15H,3-12H2,1-2H3. The molecule has 0 aromatic rings. The van der Waals surface area contributed by atoms with Gasteiger partial charge in [0.05, 0.1) is 0 Å². The van der Waals surface area contributed by atoms with Crippen LogP contribution in [0.1, 0.15) is 45.4 Å². The Morgan fingerprint density at radius 3 is 2.67 bits per heavy atom. The third kappa shape index (κ3) is 3.78. The number of nitrogens with zero attached hydrogens (tertiary/aromatic N) is 1. The number of hydrogen-bond acceptors (Lipinski definition) is 3. The van der Waals surface area contributed by atoms with Gasteiger partial charge in [-0.05, 0) is 39.3 Å². The van der Waals surface area contributed by atoms with Crippen LogP contribution in [0, 0.1) is 0 Å². The Morgan fingerprint density at radius 2 is 2.00 bits per heavy atom. The largest absolute Gasteiger partial charge is 0.310 e. The van der Waals surface area contributed by atoms with Gasteiger partial charge in [-0.3, -0.25) is 9.11 Å². The van der Waals surface area contributed by atoms with Gasteiger partial charge in [-0.1, -0.05) is 19.3 Å². The molecule has 1 saturated carbocycles. The molecule has 0 aromatic carbocycles. The molecular formula is C14H28N2OS. The summed E-state index contributed by atoms with van der Waals surface area (Å²) in [6.45, 7) is 5.71. The van der Waals surface area contributed by atoms with E-state index in [0.717, 1.165) is 25.4 Å². The quantitative estimate of drug-likeness (QED) is 0.849. The fraction of sp³-hybridized carbons (Fsp3) is 1.00. The molecule has 106 valence electrons. The minimum absolute atomic E-state index is 0.359. The maximum atomic E-state index is 11.4. The van der Waals surface area contributed by atoms with Crippen molar-refractivity contribution in [2.75, 3.05) is 31.6 Å². The van der Waals surface area contributed by atoms with E-state index in [2.05, 4.69) is 17.1 Å². The Morgan fingerprint density at radius 1 is 1.28 bits per heavy atom. The molecule has 1 aliphatic heterocycles. The van der Waals surface area contributed by atoms with Crippen LogP contribution < -0.4 is 5.32 Å². The van der Waals surface area contributed by atoms with Crippen LogP contribution in [0.3, 0.4) is 0 Å². The SMILES string of the molecule is CC(CS(C)=O)N1CCCNC2(CCCCC2)C1. The van der Waals surface area contributed by atoms with Gasteiger partial charge in [0.1, 0.15) is 0 Å². The molecule has 0 bridgehead atoms. The third-order valence-electron chi connectivity index (χ3n) is 4.54. The second-order valence-corrected chi connectivity index (χ2v) is 7.66. The highest BCUT2D eigenvalue weighted by molar-refractivity contribution is 7.84. The summed E-state index contributed by atoms with van der Waals surface area (Å²) in [6, 6.07) is 0.453. The van der Waals surface area contributed by atoms with Gasteiger partial charge in [-0.2, -0.15) is 0 Å². The highest BCUT2D eigenvalue weighted by Crippen LogP contribution is 2.30. The first kappa shape index (κ1) is 14.5. The molecule has 2 aliphatic rings. The highest BCUT2D eigenvalue weighted by atomic mass is 32.2. The van der Waals surface area contributed by atoms with E-state index in [1.54, 1.807) is 0 Å². The van der Waals surface area contributed by atoms with Crippen molar-refractivity contribution in [1.29, 1.82) is 0 Å². The van der Waals surface area contributed by atoms with E-state index in [9.17, 15) is 4.21 Å². The predicted octanol–water partition coefficient (Wildman–Crippen LogP) is 1.75. The number of rotatable bonds is 3. The summed E-state index contributed by atoms with van der Waals surface area (Å²) in [4.78, 5) is 2.58. The Bertz CT molecular complexity index is 290. The van der Waals surface area contributed by atoms with Gasteiger partial charge < -0.3 is 5.32 Å². The maximum Gasteiger partial charge on any atom is 0.0385 e. The van der Waals surface area contributed by atoms with Crippen LogP contribution in [0.2, 0.25) is 0 Å². The van der Waals surface area contributed by atoms with Gasteiger partial charge in [0.2, 0.25) is 0 Å². The Labute approximate surface area is 114 Å². The van der Waals surface area contributed by atoms with E-state index in [-0.39, 0.29) is 0 Å². The molecule has 2 rings (SSSR count). The second-order valence-electron chi connectivity index (χ2n) is 6.18. The summed E-state index contributed by atoms with van der Waals surface area (Å²) in [6.07, 6.45) is 9.84. The van der Waals surface area contributed by atoms with E-state index in [0.29, 0.717) is 11.6 Å². The van der Waals surface area contributed by atoms with E-state index in [1.165, 1.54) is 38.5 Å². The fourth-order valence-corrected chi connectivity index (χ4v) is 4.43. The van der Waals surface area contributed by atoms with Gasteiger partial charge in [0, 0.05) is 40.9 Å². The molecular weight excluding hydrogens is 244 g/mol. The lowest BCUT2D eigenvalue weighted by molar-refractivity contribution is 0.142. The van der Waals surface area contributed by atoms with Gasteiger partial charge in [0.15, 0.2) is 0 Å². The van der Waals surface area contributed by atoms with Crippen LogP contribution in [0.4, 0.5) is 0 Å². The van der Waals surface area contributed by atoms with Crippen molar-refractivity contribution in [3.8, 4) is 0 Å². The molecule has 1 heterocycles. The van der Waals surface area contributed by atoms with Crippen LogP contribution in [0.15, 0.2) is 0 Å². The van der Waals surface area contributed by atoms with Crippen LogP contribution in [-0.2, 0) is 10.8 Å². The summed E-state index contributed by atoms with van der Waals surface area (Å²) in [5.41, 5.74) is 0.359. The van der Waals surface area contributed by atoms with Gasteiger partial charge >= 0.3 is 0 Å². The zero-order chi connectivity index (χ0) is 13.0. The highest BCUT2D eigenvalue weighted by Gasteiger charge is 2.36. The minimum Gasteiger partial charge on any atom is -0.310 e. The second kappa shape index (κ2) is 6.49. The Balaban J connectivity index is 2.00. The van der Waals surface area contributed by atoms with E-state index in [1.807, 2.05) is 6.26 Å². The topological polar surface area (TPSA) is 32.3 Å². The predicted molar refractivity (Wildman–Crippen MR) is 78.4 cm³/mol. The summed E-state index contributed by atoms with van der Waals surface area (Å²) >= 11 is 0. The van der Waals surface area contributed by atoms with Gasteiger partial charge in [-0.25, -0.2) is 0 Å². The smallest absolute Gasteiger partial charge is 0.0385 e. The van der Waals surface area contributed by atoms with Crippen molar-refractivity contribution in [2.24, 2.45) is 0 Å². The molecule has 0 amide bonds. The molecule has 1 spiro atoms. The van der Waals surface area contributed by atoms with Crippen molar-refractivity contribution < 1.29 is 4.21 Å². The minimum atomic E-state index is -0.682. The van der Waals surface area contributed by atoms with Crippen LogP contribution in [0.25, 0.3) is 0 Å². The van der Waals surface area contributed by atoms with Gasteiger partial charge in [-0.15, -0.1) is 0 Å². The van der Waals surface area contributed by atoms with Crippen molar-refractivity contribution in [3.63, 3.8) is 0 Å². The van der Waals surface area contributed by atoms with E-state index in [4.69, 9.17) is 0 Å². The van der Waals surface area contributed by atoms with Crippen molar-refractivity contribution in [2.45, 2.75) is 57.0 Å². The van der Waals surface area contributed by atoms with Crippen LogP contribution in [-0.4, -0.2) is 52.3 Å². The zero-order valence-corrected chi connectivity index (χ0v) is 12.7. The molecule has 1 saturated heterocycles. The van der Waals surface area contributed by atoms with Crippen LogP contribution >= 0.6 is 0 Å². The molecule has 0 radical (unpaired) electrons. The molecule has 18 heavy (non-hydrogen) atoms. The van der Waals surface area contributed by atoms with E-state index >= 15 is 0 Å². The third-order valence-corrected chi connectivity index (χ3v) is 5.49.